The van der Waals surface area contributed by atoms with Gasteiger partial charge in [0.05, 0.1) is 0 Å². The maximum absolute atomic E-state index is 3.23. The second-order valence-electron chi connectivity index (χ2n) is 3.29. The van der Waals surface area contributed by atoms with E-state index in [2.05, 4.69) is 42.4 Å². The van der Waals surface area contributed by atoms with Crippen molar-refractivity contribution in [3.8, 4) is 11.3 Å². The van der Waals surface area contributed by atoms with Crippen LogP contribution in [0, 0.1) is 6.92 Å². The lowest BCUT2D eigenvalue weighted by Crippen LogP contribution is -1.83. The van der Waals surface area contributed by atoms with E-state index in [0.29, 0.717) is 0 Å². The summed E-state index contributed by atoms with van der Waals surface area (Å²) in [5.41, 5.74) is 3.78. The Labute approximate surface area is 88.6 Å². The first kappa shape index (κ1) is 9.41. The summed E-state index contributed by atoms with van der Waals surface area (Å²) in [5.74, 6) is 0. The standard InChI is InChI=1S/C12H13NS/c1-9-5-6-10(12(8-9)14-2)11-4-3-7-13-11/h3-8,13H,1-2H3. The lowest BCUT2D eigenvalue weighted by molar-refractivity contribution is 1.32. The third-order valence-corrected chi connectivity index (χ3v) is 3.02. The number of benzene rings is 1. The van der Waals surface area contributed by atoms with E-state index >= 15 is 0 Å². The van der Waals surface area contributed by atoms with Crippen molar-refractivity contribution >= 4 is 11.8 Å². The van der Waals surface area contributed by atoms with Crippen LogP contribution in [0.15, 0.2) is 41.4 Å². The zero-order valence-electron chi connectivity index (χ0n) is 8.37. The minimum Gasteiger partial charge on any atom is -0.361 e. The first-order valence-corrected chi connectivity index (χ1v) is 5.82. The fourth-order valence-electron chi connectivity index (χ4n) is 1.52. The van der Waals surface area contributed by atoms with Gasteiger partial charge in [-0.15, -0.1) is 11.8 Å². The van der Waals surface area contributed by atoms with Crippen LogP contribution in [0.4, 0.5) is 0 Å². The SMILES string of the molecule is CSc1cc(C)ccc1-c1ccc[nH]1. The van der Waals surface area contributed by atoms with Crippen molar-refractivity contribution in [1.29, 1.82) is 0 Å². The van der Waals surface area contributed by atoms with Gasteiger partial charge in [-0.2, -0.15) is 0 Å². The molecule has 0 bridgehead atoms. The first-order chi connectivity index (χ1) is 6.81. The van der Waals surface area contributed by atoms with Gasteiger partial charge in [0.15, 0.2) is 0 Å². The monoisotopic (exact) mass is 203 g/mol. The summed E-state index contributed by atoms with van der Waals surface area (Å²) >= 11 is 1.79. The van der Waals surface area contributed by atoms with Crippen LogP contribution in [0.1, 0.15) is 5.56 Å². The molecule has 0 fully saturated rings. The average molecular weight is 203 g/mol. The smallest absolute Gasteiger partial charge is 0.0465 e. The van der Waals surface area contributed by atoms with Crippen LogP contribution in [0.2, 0.25) is 0 Å². The highest BCUT2D eigenvalue weighted by Crippen LogP contribution is 2.29. The maximum atomic E-state index is 3.23. The van der Waals surface area contributed by atoms with Crippen molar-refractivity contribution < 1.29 is 0 Å². The van der Waals surface area contributed by atoms with Crippen molar-refractivity contribution in [3.05, 3.63) is 42.1 Å². The van der Waals surface area contributed by atoms with Gasteiger partial charge in [-0.1, -0.05) is 12.1 Å². The molecule has 1 aromatic carbocycles. The molecule has 72 valence electrons. The molecule has 0 radical (unpaired) electrons. The van der Waals surface area contributed by atoms with Crippen molar-refractivity contribution in [3.63, 3.8) is 0 Å². The Morgan fingerprint density at radius 2 is 2.07 bits per heavy atom. The third-order valence-electron chi connectivity index (χ3n) is 2.25. The number of thioether (sulfide) groups is 1. The van der Waals surface area contributed by atoms with Crippen molar-refractivity contribution in [2.24, 2.45) is 0 Å². The van der Waals surface area contributed by atoms with Crippen LogP contribution in [0.5, 0.6) is 0 Å². The van der Waals surface area contributed by atoms with E-state index in [4.69, 9.17) is 0 Å². The number of aromatic nitrogens is 1. The van der Waals surface area contributed by atoms with Crippen molar-refractivity contribution in [2.45, 2.75) is 11.8 Å². The number of H-pyrrole nitrogens is 1. The summed E-state index contributed by atoms with van der Waals surface area (Å²) < 4.78 is 0. The molecule has 0 spiro atoms. The number of aromatic amines is 1. The van der Waals surface area contributed by atoms with Gasteiger partial charge in [-0.3, -0.25) is 0 Å². The predicted octanol–water partition coefficient (Wildman–Crippen LogP) is 3.71. The Kier molecular flexibility index (Phi) is 2.64. The third kappa shape index (κ3) is 1.70. The molecule has 0 unspecified atom stereocenters. The Balaban J connectivity index is 2.53. The molecule has 1 nitrogen and oxygen atoms in total. The summed E-state index contributed by atoms with van der Waals surface area (Å²) in [6.07, 6.45) is 4.07. The molecule has 0 aliphatic heterocycles. The summed E-state index contributed by atoms with van der Waals surface area (Å²) in [5, 5.41) is 0. The Hall–Kier alpha value is -1.15. The van der Waals surface area contributed by atoms with E-state index in [1.165, 1.54) is 21.7 Å². The maximum Gasteiger partial charge on any atom is 0.0465 e. The van der Waals surface area contributed by atoms with E-state index in [9.17, 15) is 0 Å². The normalized spacial score (nSPS) is 10.4. The average Bonchev–Trinajstić information content (AvgIpc) is 2.70. The second-order valence-corrected chi connectivity index (χ2v) is 4.14. The van der Waals surface area contributed by atoms with Crippen LogP contribution < -0.4 is 0 Å². The molecular weight excluding hydrogens is 190 g/mol. The number of hydrogen-bond donors (Lipinski definition) is 1. The van der Waals surface area contributed by atoms with E-state index in [1.54, 1.807) is 11.8 Å². The Bertz CT molecular complexity index is 418. The summed E-state index contributed by atoms with van der Waals surface area (Å²) in [4.78, 5) is 4.56. The van der Waals surface area contributed by atoms with Gasteiger partial charge in [0, 0.05) is 22.3 Å². The van der Waals surface area contributed by atoms with E-state index in [-0.39, 0.29) is 0 Å². The molecule has 2 heteroatoms. The molecule has 1 aromatic heterocycles. The molecule has 2 aromatic rings. The highest BCUT2D eigenvalue weighted by molar-refractivity contribution is 7.98. The fourth-order valence-corrected chi connectivity index (χ4v) is 2.22. The Morgan fingerprint density at radius 3 is 2.71 bits per heavy atom. The molecule has 0 amide bonds. The van der Waals surface area contributed by atoms with Gasteiger partial charge in [-0.25, -0.2) is 0 Å². The number of rotatable bonds is 2. The summed E-state index contributed by atoms with van der Waals surface area (Å²) in [6.45, 7) is 2.12. The summed E-state index contributed by atoms with van der Waals surface area (Å²) in [7, 11) is 0. The lowest BCUT2D eigenvalue weighted by Gasteiger charge is -2.06. The van der Waals surface area contributed by atoms with Gasteiger partial charge in [0.25, 0.3) is 0 Å². The highest BCUT2D eigenvalue weighted by atomic mass is 32.2. The van der Waals surface area contributed by atoms with Crippen LogP contribution in [0.25, 0.3) is 11.3 Å². The van der Waals surface area contributed by atoms with E-state index < -0.39 is 0 Å². The van der Waals surface area contributed by atoms with Gasteiger partial charge in [0.2, 0.25) is 0 Å². The van der Waals surface area contributed by atoms with Crippen LogP contribution >= 0.6 is 11.8 Å². The molecule has 2 rings (SSSR count). The van der Waals surface area contributed by atoms with Crippen molar-refractivity contribution in [2.75, 3.05) is 6.26 Å². The largest absolute Gasteiger partial charge is 0.361 e. The zero-order valence-corrected chi connectivity index (χ0v) is 9.19. The number of aryl methyl sites for hydroxylation is 1. The topological polar surface area (TPSA) is 15.8 Å². The molecule has 0 aliphatic rings. The van der Waals surface area contributed by atoms with Gasteiger partial charge >= 0.3 is 0 Å². The lowest BCUT2D eigenvalue weighted by atomic mass is 10.1. The van der Waals surface area contributed by atoms with Crippen LogP contribution in [0.3, 0.4) is 0 Å². The molecule has 14 heavy (non-hydrogen) atoms. The minimum atomic E-state index is 1.19. The zero-order chi connectivity index (χ0) is 9.97. The van der Waals surface area contributed by atoms with Gasteiger partial charge in [0.1, 0.15) is 0 Å². The minimum absolute atomic E-state index is 1.19. The first-order valence-electron chi connectivity index (χ1n) is 4.59. The van der Waals surface area contributed by atoms with E-state index in [1.807, 2.05) is 12.3 Å². The van der Waals surface area contributed by atoms with Crippen LogP contribution in [-0.4, -0.2) is 11.2 Å². The molecule has 1 N–H and O–H groups in total. The molecule has 0 saturated carbocycles. The van der Waals surface area contributed by atoms with Crippen molar-refractivity contribution in [1.82, 2.24) is 4.98 Å². The highest BCUT2D eigenvalue weighted by Gasteiger charge is 2.04. The molecule has 0 aliphatic carbocycles. The Morgan fingerprint density at radius 1 is 1.21 bits per heavy atom. The van der Waals surface area contributed by atoms with Crippen LogP contribution in [-0.2, 0) is 0 Å². The molecule has 1 heterocycles. The van der Waals surface area contributed by atoms with E-state index in [0.717, 1.165) is 0 Å². The number of hydrogen-bond acceptors (Lipinski definition) is 1. The van der Waals surface area contributed by atoms with Gasteiger partial charge < -0.3 is 4.98 Å². The quantitative estimate of drug-likeness (QED) is 0.736. The summed E-state index contributed by atoms with van der Waals surface area (Å²) in [6, 6.07) is 10.7. The van der Waals surface area contributed by atoms with Gasteiger partial charge in [-0.05, 0) is 36.9 Å². The number of nitrogens with one attached hydrogen (secondary N) is 1. The molecule has 0 atom stereocenters. The molecule has 0 saturated heterocycles. The fraction of sp³-hybridized carbons (Fsp3) is 0.167. The predicted molar refractivity (Wildman–Crippen MR) is 62.7 cm³/mol. The second kappa shape index (κ2) is 3.93. The molecular formula is C12H13NS.